The molecule has 1 amide bonds. The average Bonchev–Trinajstić information content (AvgIpc) is 2.79. The van der Waals surface area contributed by atoms with Crippen LogP contribution in [0.25, 0.3) is 6.08 Å². The molecule has 0 aromatic heterocycles. The van der Waals surface area contributed by atoms with E-state index in [0.29, 0.717) is 5.56 Å². The molecule has 0 fully saturated rings. The molecule has 8 nitrogen and oxygen atoms in total. The van der Waals surface area contributed by atoms with Gasteiger partial charge in [0.15, 0.2) is 0 Å². The molecule has 0 unspecified atom stereocenters. The number of hydrogen-bond donors (Lipinski definition) is 1. The number of nitro benzene ring substituents is 1. The number of anilines is 1. The molecule has 0 atom stereocenters. The van der Waals surface area contributed by atoms with Gasteiger partial charge in [0.05, 0.1) is 21.2 Å². The van der Waals surface area contributed by atoms with E-state index in [4.69, 9.17) is 16.3 Å². The van der Waals surface area contributed by atoms with Crippen molar-refractivity contribution in [2.45, 2.75) is 0 Å². The van der Waals surface area contributed by atoms with E-state index in [9.17, 15) is 29.4 Å². The highest BCUT2D eigenvalue weighted by molar-refractivity contribution is 6.34. The number of carbonyl (C=O) groups is 2. The lowest BCUT2D eigenvalue weighted by atomic mass is 10.1. The Kier molecular flexibility index (Phi) is 7.13. The van der Waals surface area contributed by atoms with Gasteiger partial charge in [0.1, 0.15) is 23.2 Å². The molecule has 0 bridgehead atoms. The zero-order valence-corrected chi connectivity index (χ0v) is 17.4. The molecular weight excluding hydrogens is 453 g/mol. The number of halogens is 2. The molecule has 3 aromatic carbocycles. The largest absolute Gasteiger partial charge is 0.423 e. The predicted molar refractivity (Wildman–Crippen MR) is 118 cm³/mol. The molecule has 3 rings (SSSR count). The van der Waals surface area contributed by atoms with Gasteiger partial charge in [-0.1, -0.05) is 29.8 Å². The molecule has 0 aliphatic rings. The standard InChI is InChI=1S/C23H13ClFN3O5/c24-20-8-7-18(28(31)32)12-21(20)27-22(29)16(13-26)9-14-3-1-6-19(10-14)33-23(30)15-4-2-5-17(25)11-15/h1-12H,(H,27,29)/b16-9+. The van der Waals surface area contributed by atoms with Crippen LogP contribution in [-0.4, -0.2) is 16.8 Å². The summed E-state index contributed by atoms with van der Waals surface area (Å²) < 4.78 is 18.5. The second kappa shape index (κ2) is 10.2. The molecule has 0 saturated heterocycles. The summed E-state index contributed by atoms with van der Waals surface area (Å²) in [6, 6.07) is 16.2. The number of amides is 1. The van der Waals surface area contributed by atoms with Crippen LogP contribution < -0.4 is 10.1 Å². The van der Waals surface area contributed by atoms with Crippen molar-refractivity contribution >= 4 is 40.9 Å². The maximum atomic E-state index is 13.3. The van der Waals surface area contributed by atoms with Crippen molar-refractivity contribution < 1.29 is 23.6 Å². The van der Waals surface area contributed by atoms with Gasteiger partial charge in [-0.2, -0.15) is 5.26 Å². The molecule has 0 heterocycles. The zero-order valence-electron chi connectivity index (χ0n) is 16.6. The monoisotopic (exact) mass is 465 g/mol. The number of esters is 1. The van der Waals surface area contributed by atoms with Gasteiger partial charge in [-0.25, -0.2) is 9.18 Å². The first-order valence-electron chi connectivity index (χ1n) is 9.21. The molecule has 0 saturated carbocycles. The third-order valence-electron chi connectivity index (χ3n) is 4.21. The van der Waals surface area contributed by atoms with Gasteiger partial charge in [-0.15, -0.1) is 0 Å². The maximum absolute atomic E-state index is 13.3. The van der Waals surface area contributed by atoms with Crippen LogP contribution in [0, 0.1) is 27.3 Å². The van der Waals surface area contributed by atoms with Crippen molar-refractivity contribution in [2.75, 3.05) is 5.32 Å². The summed E-state index contributed by atoms with van der Waals surface area (Å²) in [5.74, 6) is -2.11. The minimum Gasteiger partial charge on any atom is -0.423 e. The van der Waals surface area contributed by atoms with Crippen molar-refractivity contribution in [3.05, 3.63) is 104 Å². The fourth-order valence-electron chi connectivity index (χ4n) is 2.68. The Hall–Kier alpha value is -4.55. The van der Waals surface area contributed by atoms with E-state index in [-0.39, 0.29) is 33.3 Å². The van der Waals surface area contributed by atoms with E-state index in [0.717, 1.165) is 12.1 Å². The topological polar surface area (TPSA) is 122 Å². The van der Waals surface area contributed by atoms with Crippen LogP contribution in [0.3, 0.4) is 0 Å². The van der Waals surface area contributed by atoms with Crippen LogP contribution in [0.2, 0.25) is 5.02 Å². The first-order chi connectivity index (χ1) is 15.8. The number of carbonyl (C=O) groups excluding carboxylic acids is 2. The summed E-state index contributed by atoms with van der Waals surface area (Å²) in [6.07, 6.45) is 1.24. The van der Waals surface area contributed by atoms with Gasteiger partial charge in [0.25, 0.3) is 11.6 Å². The smallest absolute Gasteiger partial charge is 0.343 e. The SMILES string of the molecule is N#C/C(=C\c1cccc(OC(=O)c2cccc(F)c2)c1)C(=O)Nc1cc([N+](=O)[O-])ccc1Cl. The van der Waals surface area contributed by atoms with Crippen molar-refractivity contribution in [2.24, 2.45) is 0 Å². The molecule has 0 spiro atoms. The van der Waals surface area contributed by atoms with Crippen LogP contribution in [0.1, 0.15) is 15.9 Å². The Morgan fingerprint density at radius 1 is 1.12 bits per heavy atom. The lowest BCUT2D eigenvalue weighted by molar-refractivity contribution is -0.384. The lowest BCUT2D eigenvalue weighted by Crippen LogP contribution is -2.14. The highest BCUT2D eigenvalue weighted by Crippen LogP contribution is 2.27. The molecule has 3 aromatic rings. The summed E-state index contributed by atoms with van der Waals surface area (Å²) in [6.45, 7) is 0. The molecule has 0 aliphatic carbocycles. The van der Waals surface area contributed by atoms with Gasteiger partial charge in [0, 0.05) is 12.1 Å². The van der Waals surface area contributed by atoms with Crippen LogP contribution in [-0.2, 0) is 4.79 Å². The van der Waals surface area contributed by atoms with Crippen molar-refractivity contribution in [1.29, 1.82) is 5.26 Å². The number of nitro groups is 1. The average molecular weight is 466 g/mol. The predicted octanol–water partition coefficient (Wildman–Crippen LogP) is 5.15. The summed E-state index contributed by atoms with van der Waals surface area (Å²) in [7, 11) is 0. The maximum Gasteiger partial charge on any atom is 0.343 e. The van der Waals surface area contributed by atoms with Crippen molar-refractivity contribution in [3.8, 4) is 11.8 Å². The van der Waals surface area contributed by atoms with E-state index < -0.39 is 22.6 Å². The summed E-state index contributed by atoms with van der Waals surface area (Å²) in [5, 5.41) is 22.7. The van der Waals surface area contributed by atoms with E-state index in [1.54, 1.807) is 12.1 Å². The van der Waals surface area contributed by atoms with Crippen LogP contribution in [0.15, 0.2) is 72.3 Å². The minimum atomic E-state index is -0.845. The third kappa shape index (κ3) is 6.00. The van der Waals surface area contributed by atoms with Gasteiger partial charge in [-0.3, -0.25) is 14.9 Å². The van der Waals surface area contributed by atoms with Gasteiger partial charge < -0.3 is 10.1 Å². The lowest BCUT2D eigenvalue weighted by Gasteiger charge is -2.07. The number of ether oxygens (including phenoxy) is 1. The summed E-state index contributed by atoms with van der Waals surface area (Å²) in [5.41, 5.74) is -0.274. The number of nitriles is 1. The highest BCUT2D eigenvalue weighted by Gasteiger charge is 2.15. The number of nitrogens with zero attached hydrogens (tertiary/aromatic N) is 2. The molecule has 10 heteroatoms. The Labute approximate surface area is 191 Å². The number of nitrogens with one attached hydrogen (secondary N) is 1. The fraction of sp³-hybridized carbons (Fsp3) is 0. The Morgan fingerprint density at radius 2 is 1.88 bits per heavy atom. The highest BCUT2D eigenvalue weighted by atomic mass is 35.5. The van der Waals surface area contributed by atoms with Crippen molar-refractivity contribution in [3.63, 3.8) is 0 Å². The molecule has 0 aliphatic heterocycles. The van der Waals surface area contributed by atoms with Crippen LogP contribution in [0.5, 0.6) is 5.75 Å². The first kappa shape index (κ1) is 23.1. The first-order valence-corrected chi connectivity index (χ1v) is 9.59. The van der Waals surface area contributed by atoms with Crippen LogP contribution in [0.4, 0.5) is 15.8 Å². The molecule has 164 valence electrons. The van der Waals surface area contributed by atoms with Gasteiger partial charge in [0.2, 0.25) is 0 Å². The molecular formula is C23H13ClFN3O5. The zero-order chi connectivity index (χ0) is 24.0. The Balaban J connectivity index is 1.79. The van der Waals surface area contributed by atoms with Gasteiger partial charge >= 0.3 is 5.97 Å². The number of hydrogen-bond acceptors (Lipinski definition) is 6. The Bertz CT molecular complexity index is 1330. The summed E-state index contributed by atoms with van der Waals surface area (Å²) in [4.78, 5) is 35.0. The molecule has 1 N–H and O–H groups in total. The second-order valence-corrected chi connectivity index (χ2v) is 6.92. The fourth-order valence-corrected chi connectivity index (χ4v) is 2.84. The normalized spacial score (nSPS) is 10.8. The van der Waals surface area contributed by atoms with Gasteiger partial charge in [-0.05, 0) is 48.0 Å². The van der Waals surface area contributed by atoms with E-state index in [1.807, 2.05) is 0 Å². The molecule has 0 radical (unpaired) electrons. The third-order valence-corrected chi connectivity index (χ3v) is 4.54. The van der Waals surface area contributed by atoms with Crippen molar-refractivity contribution in [1.82, 2.24) is 0 Å². The quantitative estimate of drug-likeness (QED) is 0.134. The number of benzene rings is 3. The Morgan fingerprint density at radius 3 is 2.58 bits per heavy atom. The minimum absolute atomic E-state index is 0.0156. The number of rotatable bonds is 6. The second-order valence-electron chi connectivity index (χ2n) is 6.52. The molecule has 33 heavy (non-hydrogen) atoms. The van der Waals surface area contributed by atoms with E-state index in [1.165, 1.54) is 54.6 Å². The van der Waals surface area contributed by atoms with E-state index >= 15 is 0 Å². The summed E-state index contributed by atoms with van der Waals surface area (Å²) >= 11 is 5.97. The number of non-ortho nitro benzene ring substituents is 1. The van der Waals surface area contributed by atoms with Crippen LogP contribution >= 0.6 is 11.6 Å². The van der Waals surface area contributed by atoms with E-state index in [2.05, 4.69) is 5.32 Å².